The van der Waals surface area contributed by atoms with Gasteiger partial charge in [0.05, 0.1) is 12.8 Å². The van der Waals surface area contributed by atoms with Crippen molar-refractivity contribution in [3.8, 4) is 17.1 Å². The van der Waals surface area contributed by atoms with E-state index in [0.717, 1.165) is 27.9 Å². The van der Waals surface area contributed by atoms with Gasteiger partial charge in [-0.3, -0.25) is 0 Å². The molecule has 0 saturated carbocycles. The van der Waals surface area contributed by atoms with Crippen LogP contribution in [0.15, 0.2) is 47.6 Å². The van der Waals surface area contributed by atoms with Crippen molar-refractivity contribution in [2.24, 2.45) is 12.2 Å². The minimum Gasteiger partial charge on any atom is -0.473 e. The van der Waals surface area contributed by atoms with Crippen LogP contribution in [-0.4, -0.2) is 35.7 Å². The number of rotatable bonds is 7. The third kappa shape index (κ3) is 4.60. The van der Waals surface area contributed by atoms with Crippen molar-refractivity contribution in [3.05, 3.63) is 70.3 Å². The molecular formula is C24H27N3O4. The molecule has 0 aliphatic carbocycles. The zero-order valence-corrected chi connectivity index (χ0v) is 18.7. The quantitative estimate of drug-likeness (QED) is 0.326. The maximum atomic E-state index is 12.2. The van der Waals surface area contributed by atoms with Crippen LogP contribution in [0.25, 0.3) is 11.3 Å². The summed E-state index contributed by atoms with van der Waals surface area (Å²) in [5, 5.41) is 8.54. The highest BCUT2D eigenvalue weighted by atomic mass is 16.6. The molecule has 0 atom stereocenters. The van der Waals surface area contributed by atoms with Crippen LogP contribution in [0.2, 0.25) is 0 Å². The van der Waals surface area contributed by atoms with E-state index in [-0.39, 0.29) is 12.3 Å². The number of benzene rings is 2. The Labute approximate surface area is 182 Å². The number of esters is 1. The Morgan fingerprint density at radius 2 is 1.84 bits per heavy atom. The molecule has 0 unspecified atom stereocenters. The van der Waals surface area contributed by atoms with Gasteiger partial charge < -0.3 is 14.3 Å². The Bertz CT molecular complexity index is 1130. The van der Waals surface area contributed by atoms with E-state index in [9.17, 15) is 4.79 Å². The minimum absolute atomic E-state index is 0.0852. The van der Waals surface area contributed by atoms with Crippen LogP contribution in [0, 0.1) is 20.8 Å². The van der Waals surface area contributed by atoms with Gasteiger partial charge in [-0.15, -0.1) is 0 Å². The average Bonchev–Trinajstić information content (AvgIpc) is 3.05. The highest BCUT2D eigenvalue weighted by Gasteiger charge is 2.21. The van der Waals surface area contributed by atoms with E-state index in [4.69, 9.17) is 19.4 Å². The zero-order valence-electron chi connectivity index (χ0n) is 18.7. The third-order valence-electron chi connectivity index (χ3n) is 5.07. The second-order valence-corrected chi connectivity index (χ2v) is 7.28. The van der Waals surface area contributed by atoms with Crippen molar-refractivity contribution in [2.45, 2.75) is 27.4 Å². The van der Waals surface area contributed by atoms with Gasteiger partial charge in [-0.1, -0.05) is 47.1 Å². The maximum absolute atomic E-state index is 12.2. The second-order valence-electron chi connectivity index (χ2n) is 7.28. The molecule has 1 aromatic heterocycles. The molecule has 0 aliphatic rings. The summed E-state index contributed by atoms with van der Waals surface area (Å²) in [6, 6.07) is 13.7. The third-order valence-corrected chi connectivity index (χ3v) is 5.07. The van der Waals surface area contributed by atoms with E-state index in [1.165, 1.54) is 19.8 Å². The predicted molar refractivity (Wildman–Crippen MR) is 119 cm³/mol. The van der Waals surface area contributed by atoms with Gasteiger partial charge >= 0.3 is 5.97 Å². The van der Waals surface area contributed by atoms with E-state index < -0.39 is 5.97 Å². The Morgan fingerprint density at radius 3 is 2.55 bits per heavy atom. The number of hydrogen-bond acceptors (Lipinski definition) is 6. The lowest BCUT2D eigenvalue weighted by Crippen LogP contribution is -2.20. The molecule has 0 amide bonds. The number of carbonyl (C=O) groups excluding carboxylic acids is 1. The summed E-state index contributed by atoms with van der Waals surface area (Å²) in [6.07, 6.45) is 0. The second kappa shape index (κ2) is 9.47. The van der Waals surface area contributed by atoms with E-state index >= 15 is 0 Å². The molecule has 31 heavy (non-hydrogen) atoms. The van der Waals surface area contributed by atoms with Crippen LogP contribution < -0.4 is 4.74 Å². The van der Waals surface area contributed by atoms with E-state index in [1.54, 1.807) is 10.7 Å². The molecule has 0 bridgehead atoms. The fourth-order valence-electron chi connectivity index (χ4n) is 3.47. The largest absolute Gasteiger partial charge is 0.473 e. The number of aryl methyl sites for hydroxylation is 3. The number of nitrogens with zero attached hydrogens (tertiary/aromatic N) is 3. The Hall–Kier alpha value is -3.61. The van der Waals surface area contributed by atoms with Crippen LogP contribution in [0.5, 0.6) is 5.88 Å². The van der Waals surface area contributed by atoms with Gasteiger partial charge in [-0.05, 0) is 38.0 Å². The molecule has 7 nitrogen and oxygen atoms in total. The van der Waals surface area contributed by atoms with Gasteiger partial charge in [0.25, 0.3) is 0 Å². The lowest BCUT2D eigenvalue weighted by atomic mass is 10.0. The summed E-state index contributed by atoms with van der Waals surface area (Å²) in [6.45, 7) is 6.36. The summed E-state index contributed by atoms with van der Waals surface area (Å²) in [4.78, 5) is 17.0. The Kier molecular flexibility index (Phi) is 6.74. The molecule has 0 aliphatic heterocycles. The van der Waals surface area contributed by atoms with Crippen molar-refractivity contribution in [2.75, 3.05) is 14.2 Å². The molecule has 0 radical (unpaired) electrons. The molecule has 3 aromatic rings. The van der Waals surface area contributed by atoms with Gasteiger partial charge in [0.15, 0.2) is 5.71 Å². The molecule has 0 spiro atoms. The highest BCUT2D eigenvalue weighted by molar-refractivity contribution is 6.43. The smallest absolute Gasteiger partial charge is 0.360 e. The van der Waals surface area contributed by atoms with E-state index in [1.807, 2.05) is 32.2 Å². The molecule has 7 heteroatoms. The summed E-state index contributed by atoms with van der Waals surface area (Å²) in [5.74, 6) is 0.0808. The lowest BCUT2D eigenvalue weighted by Gasteiger charge is -2.12. The minimum atomic E-state index is -0.580. The Balaban J connectivity index is 1.93. The number of oxime groups is 1. The normalized spacial score (nSPS) is 11.4. The van der Waals surface area contributed by atoms with Crippen LogP contribution in [0.4, 0.5) is 0 Å². The van der Waals surface area contributed by atoms with Gasteiger partial charge in [0.2, 0.25) is 5.88 Å². The number of aromatic nitrogens is 2. The topological polar surface area (TPSA) is 74.9 Å². The van der Waals surface area contributed by atoms with Gasteiger partial charge in [-0.25, -0.2) is 9.48 Å². The van der Waals surface area contributed by atoms with E-state index in [2.05, 4.69) is 37.2 Å². The SMILES string of the molecule is CO/N=C(/C(=O)OC)c1ccccc1COc1c(C)c(-c2cc(C)ccc2C)nn1C. The van der Waals surface area contributed by atoms with Gasteiger partial charge in [-0.2, -0.15) is 5.10 Å². The van der Waals surface area contributed by atoms with Crippen molar-refractivity contribution in [1.29, 1.82) is 0 Å². The molecule has 162 valence electrons. The monoisotopic (exact) mass is 421 g/mol. The number of carbonyl (C=O) groups is 1. The highest BCUT2D eigenvalue weighted by Crippen LogP contribution is 2.32. The molecule has 0 N–H and O–H groups in total. The first-order valence-electron chi connectivity index (χ1n) is 9.89. The van der Waals surface area contributed by atoms with Crippen LogP contribution in [0.1, 0.15) is 27.8 Å². The fourth-order valence-corrected chi connectivity index (χ4v) is 3.47. The predicted octanol–water partition coefficient (Wildman–Crippen LogP) is 4.11. The molecule has 1 heterocycles. The van der Waals surface area contributed by atoms with Crippen molar-refractivity contribution in [1.82, 2.24) is 9.78 Å². The molecule has 2 aromatic carbocycles. The number of ether oxygens (including phenoxy) is 2. The van der Waals surface area contributed by atoms with Crippen molar-refractivity contribution < 1.29 is 19.1 Å². The molecule has 0 saturated heterocycles. The fraction of sp³-hybridized carbons (Fsp3) is 0.292. The summed E-state index contributed by atoms with van der Waals surface area (Å²) >= 11 is 0. The van der Waals surface area contributed by atoms with Crippen LogP contribution in [-0.2, 0) is 28.0 Å². The molecule has 3 rings (SSSR count). The van der Waals surface area contributed by atoms with Gasteiger partial charge in [0.1, 0.15) is 13.7 Å². The van der Waals surface area contributed by atoms with Crippen molar-refractivity contribution >= 4 is 11.7 Å². The van der Waals surface area contributed by atoms with Gasteiger partial charge in [0, 0.05) is 23.7 Å². The first-order valence-corrected chi connectivity index (χ1v) is 9.89. The summed E-state index contributed by atoms with van der Waals surface area (Å²) < 4.78 is 12.7. The van der Waals surface area contributed by atoms with Crippen LogP contribution >= 0.6 is 0 Å². The summed E-state index contributed by atoms with van der Waals surface area (Å²) in [7, 11) is 4.55. The zero-order chi connectivity index (χ0) is 22.5. The number of hydrogen-bond donors (Lipinski definition) is 0. The summed E-state index contributed by atoms with van der Waals surface area (Å²) in [5.41, 5.74) is 6.71. The Morgan fingerprint density at radius 1 is 1.10 bits per heavy atom. The first kappa shape index (κ1) is 22.1. The standard InChI is InChI=1S/C24H27N3O4/c1-15-11-12-16(2)20(13-15)21-17(3)23(27(4)25-21)31-14-18-9-7-8-10-19(18)22(26-30-6)24(28)29-5/h7-13H,14H2,1-6H3/b26-22+. The van der Waals surface area contributed by atoms with E-state index in [0.29, 0.717) is 11.4 Å². The molecule has 0 fully saturated rings. The van der Waals surface area contributed by atoms with Crippen molar-refractivity contribution in [3.63, 3.8) is 0 Å². The average molecular weight is 421 g/mol. The molecular weight excluding hydrogens is 394 g/mol. The first-order chi connectivity index (χ1) is 14.9. The van der Waals surface area contributed by atoms with Crippen LogP contribution in [0.3, 0.4) is 0 Å². The lowest BCUT2D eigenvalue weighted by molar-refractivity contribution is -0.132. The maximum Gasteiger partial charge on any atom is 0.360 e. The number of methoxy groups -OCH3 is 1.